The Morgan fingerprint density at radius 2 is 2.27 bits per heavy atom. The predicted octanol–water partition coefficient (Wildman–Crippen LogP) is 0.891. The van der Waals surface area contributed by atoms with Crippen LogP contribution in [0.5, 0.6) is 11.5 Å². The molecule has 22 heavy (non-hydrogen) atoms. The van der Waals surface area contributed by atoms with E-state index in [0.717, 1.165) is 5.56 Å². The molecule has 0 bridgehead atoms. The summed E-state index contributed by atoms with van der Waals surface area (Å²) in [6.07, 6.45) is 0.667. The molecule has 0 fully saturated rings. The second-order valence-electron chi connectivity index (χ2n) is 5.18. The lowest BCUT2D eigenvalue weighted by molar-refractivity contribution is -0.126. The molecule has 0 saturated heterocycles. The van der Waals surface area contributed by atoms with Gasteiger partial charge in [0.2, 0.25) is 0 Å². The number of anilines is 1. The molecule has 1 aliphatic heterocycles. The number of allylic oxidation sites excluding steroid dienone is 1. The third-order valence-corrected chi connectivity index (χ3v) is 3.50. The maximum Gasteiger partial charge on any atom is 0.267 e. The van der Waals surface area contributed by atoms with Crippen LogP contribution in [0.3, 0.4) is 0 Å². The summed E-state index contributed by atoms with van der Waals surface area (Å²) in [5.41, 5.74) is 1.45. The van der Waals surface area contributed by atoms with Crippen molar-refractivity contribution in [3.63, 3.8) is 0 Å². The molecule has 1 amide bonds. The maximum absolute atomic E-state index is 12.4. The summed E-state index contributed by atoms with van der Waals surface area (Å²) in [5, 5.41) is 18.8. The van der Waals surface area contributed by atoms with Crippen LogP contribution >= 0.6 is 0 Å². The largest absolute Gasteiger partial charge is 0.493 e. The Balaban J connectivity index is 2.51. The van der Waals surface area contributed by atoms with Crippen LogP contribution in [0.1, 0.15) is 12.5 Å². The molecule has 0 aromatic heterocycles. The van der Waals surface area contributed by atoms with Crippen molar-refractivity contribution in [1.82, 2.24) is 0 Å². The number of benzene rings is 1. The van der Waals surface area contributed by atoms with E-state index in [4.69, 9.17) is 14.6 Å². The molecule has 0 spiro atoms. The lowest BCUT2D eigenvalue weighted by Crippen LogP contribution is -2.48. The Labute approximate surface area is 129 Å². The number of nitrogens with zero attached hydrogens (tertiary/aromatic N) is 1. The SMILES string of the molecule is C=CCc1cc(OC)c2c(c1)N(CC(O)CO)C(=O)C(C)O2. The molecule has 2 unspecified atom stereocenters. The molecule has 1 heterocycles. The van der Waals surface area contributed by atoms with Crippen LogP contribution in [0, 0.1) is 0 Å². The average Bonchev–Trinajstić information content (AvgIpc) is 2.51. The monoisotopic (exact) mass is 307 g/mol. The quantitative estimate of drug-likeness (QED) is 0.763. The van der Waals surface area contributed by atoms with Crippen LogP contribution in [0.2, 0.25) is 0 Å². The van der Waals surface area contributed by atoms with E-state index >= 15 is 0 Å². The highest BCUT2D eigenvalue weighted by atomic mass is 16.5. The molecule has 0 aliphatic carbocycles. The lowest BCUT2D eigenvalue weighted by Gasteiger charge is -2.35. The van der Waals surface area contributed by atoms with Crippen LogP contribution in [0.15, 0.2) is 24.8 Å². The van der Waals surface area contributed by atoms with E-state index in [-0.39, 0.29) is 12.5 Å². The minimum absolute atomic E-state index is 0.00324. The van der Waals surface area contributed by atoms with Crippen molar-refractivity contribution in [2.45, 2.75) is 25.6 Å². The molecule has 120 valence electrons. The van der Waals surface area contributed by atoms with E-state index in [1.165, 1.54) is 12.0 Å². The number of aliphatic hydroxyl groups excluding tert-OH is 2. The van der Waals surface area contributed by atoms with Gasteiger partial charge in [-0.15, -0.1) is 6.58 Å². The van der Waals surface area contributed by atoms with Crippen molar-refractivity contribution in [3.05, 3.63) is 30.4 Å². The van der Waals surface area contributed by atoms with Gasteiger partial charge in [0.05, 0.1) is 32.1 Å². The molecule has 0 radical (unpaired) electrons. The molecular weight excluding hydrogens is 286 g/mol. The van der Waals surface area contributed by atoms with Crippen molar-refractivity contribution >= 4 is 11.6 Å². The van der Waals surface area contributed by atoms with Gasteiger partial charge in [-0.2, -0.15) is 0 Å². The lowest BCUT2D eigenvalue weighted by atomic mass is 10.1. The Morgan fingerprint density at radius 1 is 1.55 bits per heavy atom. The van der Waals surface area contributed by atoms with Gasteiger partial charge in [-0.1, -0.05) is 6.08 Å². The third-order valence-electron chi connectivity index (χ3n) is 3.50. The number of aliphatic hydroxyl groups is 2. The fourth-order valence-corrected chi connectivity index (χ4v) is 2.42. The first-order chi connectivity index (χ1) is 10.5. The highest BCUT2D eigenvalue weighted by Gasteiger charge is 2.34. The van der Waals surface area contributed by atoms with Gasteiger partial charge in [-0.3, -0.25) is 4.79 Å². The van der Waals surface area contributed by atoms with E-state index in [1.54, 1.807) is 13.0 Å². The molecule has 1 aliphatic rings. The topological polar surface area (TPSA) is 79.2 Å². The predicted molar refractivity (Wildman–Crippen MR) is 82.4 cm³/mol. The minimum atomic E-state index is -1.02. The summed E-state index contributed by atoms with van der Waals surface area (Å²) in [4.78, 5) is 13.8. The number of rotatable bonds is 6. The van der Waals surface area contributed by atoms with Gasteiger partial charge in [0.1, 0.15) is 0 Å². The van der Waals surface area contributed by atoms with Gasteiger partial charge in [-0.05, 0) is 31.0 Å². The normalized spacial score (nSPS) is 18.5. The highest BCUT2D eigenvalue weighted by molar-refractivity contribution is 6.00. The zero-order valence-corrected chi connectivity index (χ0v) is 12.8. The minimum Gasteiger partial charge on any atom is -0.493 e. The van der Waals surface area contributed by atoms with Gasteiger partial charge in [0.15, 0.2) is 17.6 Å². The number of hydrogen-bond donors (Lipinski definition) is 2. The summed E-state index contributed by atoms with van der Waals surface area (Å²) in [7, 11) is 1.53. The first-order valence-electron chi connectivity index (χ1n) is 7.10. The molecule has 2 N–H and O–H groups in total. The number of fused-ring (bicyclic) bond motifs is 1. The van der Waals surface area contributed by atoms with Crippen molar-refractivity contribution in [2.24, 2.45) is 0 Å². The summed E-state index contributed by atoms with van der Waals surface area (Å²) in [6, 6.07) is 3.65. The maximum atomic E-state index is 12.4. The van der Waals surface area contributed by atoms with Crippen molar-refractivity contribution < 1.29 is 24.5 Å². The third kappa shape index (κ3) is 3.08. The molecule has 1 aromatic rings. The van der Waals surface area contributed by atoms with Crippen LogP contribution in [0.4, 0.5) is 5.69 Å². The highest BCUT2D eigenvalue weighted by Crippen LogP contribution is 2.43. The second-order valence-corrected chi connectivity index (χ2v) is 5.18. The summed E-state index contributed by atoms with van der Waals surface area (Å²) in [6.45, 7) is 4.92. The summed E-state index contributed by atoms with van der Waals surface area (Å²) in [5.74, 6) is 0.725. The Hall–Kier alpha value is -2.05. The van der Waals surface area contributed by atoms with Crippen LogP contribution in [-0.4, -0.2) is 48.6 Å². The van der Waals surface area contributed by atoms with Gasteiger partial charge in [0.25, 0.3) is 5.91 Å². The van der Waals surface area contributed by atoms with Crippen LogP contribution in [-0.2, 0) is 11.2 Å². The number of amides is 1. The Kier molecular flexibility index (Phi) is 5.05. The summed E-state index contributed by atoms with van der Waals surface area (Å²) < 4.78 is 11.0. The molecule has 0 saturated carbocycles. The average molecular weight is 307 g/mol. The first-order valence-corrected chi connectivity index (χ1v) is 7.10. The number of carbonyl (C=O) groups excluding carboxylic acids is 1. The molecule has 6 heteroatoms. The van der Waals surface area contributed by atoms with E-state index in [0.29, 0.717) is 23.6 Å². The van der Waals surface area contributed by atoms with Crippen molar-refractivity contribution in [2.75, 3.05) is 25.2 Å². The van der Waals surface area contributed by atoms with Crippen LogP contribution in [0.25, 0.3) is 0 Å². The number of hydrogen-bond acceptors (Lipinski definition) is 5. The Morgan fingerprint density at radius 3 is 2.86 bits per heavy atom. The Bertz CT molecular complexity index is 572. The number of methoxy groups -OCH3 is 1. The van der Waals surface area contributed by atoms with E-state index in [2.05, 4.69) is 6.58 Å². The fourth-order valence-electron chi connectivity index (χ4n) is 2.42. The second kappa shape index (κ2) is 6.81. The van der Waals surface area contributed by atoms with Crippen LogP contribution < -0.4 is 14.4 Å². The number of β-amino-alcohol motifs (C(OH)–C–C–N with tert-alkyl or cyclic N) is 1. The summed E-state index contributed by atoms with van der Waals surface area (Å²) >= 11 is 0. The number of carbonyl (C=O) groups is 1. The van der Waals surface area contributed by atoms with E-state index in [9.17, 15) is 9.90 Å². The van der Waals surface area contributed by atoms with E-state index in [1.807, 2.05) is 12.1 Å². The van der Waals surface area contributed by atoms with Crippen molar-refractivity contribution in [1.29, 1.82) is 0 Å². The molecule has 2 atom stereocenters. The van der Waals surface area contributed by atoms with Gasteiger partial charge in [0, 0.05) is 0 Å². The zero-order chi connectivity index (χ0) is 16.3. The standard InChI is InChI=1S/C16H21NO5/c1-4-5-11-6-13-15(14(7-11)21-3)22-10(2)16(20)17(13)8-12(19)9-18/h4,6-7,10,12,18-19H,1,5,8-9H2,2-3H3. The molecular formula is C16H21NO5. The van der Waals surface area contributed by atoms with E-state index < -0.39 is 18.8 Å². The van der Waals surface area contributed by atoms with Crippen molar-refractivity contribution in [3.8, 4) is 11.5 Å². The van der Waals surface area contributed by atoms with Gasteiger partial charge >= 0.3 is 0 Å². The van der Waals surface area contributed by atoms with Gasteiger partial charge in [-0.25, -0.2) is 0 Å². The smallest absolute Gasteiger partial charge is 0.267 e. The fraction of sp³-hybridized carbons (Fsp3) is 0.438. The number of ether oxygens (including phenoxy) is 2. The molecule has 6 nitrogen and oxygen atoms in total. The first kappa shape index (κ1) is 16.3. The van der Waals surface area contributed by atoms with Gasteiger partial charge < -0.3 is 24.6 Å². The molecule has 1 aromatic carbocycles. The zero-order valence-electron chi connectivity index (χ0n) is 12.8. The molecule has 2 rings (SSSR count).